The van der Waals surface area contributed by atoms with Gasteiger partial charge >= 0.3 is 6.18 Å². The number of hydrogen-bond donors (Lipinski definition) is 1. The molecule has 9 heteroatoms. The lowest BCUT2D eigenvalue weighted by molar-refractivity contribution is -0.139. The van der Waals surface area contributed by atoms with Crippen LogP contribution >= 0.6 is 34.8 Å². The van der Waals surface area contributed by atoms with Gasteiger partial charge in [0.1, 0.15) is 0 Å². The maximum absolute atomic E-state index is 13.7. The Hall–Kier alpha value is -2.02. The highest BCUT2D eigenvalue weighted by atomic mass is 35.5. The standard InChI is InChI=1S/C24H23Cl3F3NO2/c1-3-31-22(33)6-4-5-21(32)17-9-7-15(11-14(17)2)8-10-18(24(28,29)30)16-12-19(25)23(27)20(26)13-16/h7-13,18H,3-6H2,1-2H3,(H,31,33)/b10-8+. The summed E-state index contributed by atoms with van der Waals surface area (Å²) in [5, 5.41) is 2.54. The van der Waals surface area contributed by atoms with E-state index in [9.17, 15) is 22.8 Å². The zero-order valence-corrected chi connectivity index (χ0v) is 20.3. The number of ketones is 1. The highest BCUT2D eigenvalue weighted by Crippen LogP contribution is 2.41. The largest absolute Gasteiger partial charge is 0.399 e. The van der Waals surface area contributed by atoms with Crippen LogP contribution in [-0.2, 0) is 4.79 Å². The summed E-state index contributed by atoms with van der Waals surface area (Å²) in [6, 6.07) is 7.10. The Morgan fingerprint density at radius 2 is 1.70 bits per heavy atom. The first-order chi connectivity index (χ1) is 15.4. The number of allylic oxidation sites excluding steroid dienone is 1. The van der Waals surface area contributed by atoms with Crippen LogP contribution in [0.1, 0.15) is 59.2 Å². The van der Waals surface area contributed by atoms with Gasteiger partial charge in [-0.2, -0.15) is 13.2 Å². The number of nitrogens with one attached hydrogen (secondary N) is 1. The van der Waals surface area contributed by atoms with Gasteiger partial charge in [-0.15, -0.1) is 0 Å². The van der Waals surface area contributed by atoms with Crippen LogP contribution in [0.15, 0.2) is 36.4 Å². The lowest BCUT2D eigenvalue weighted by Crippen LogP contribution is -2.22. The Balaban J connectivity index is 2.18. The maximum atomic E-state index is 13.7. The van der Waals surface area contributed by atoms with E-state index in [0.29, 0.717) is 29.7 Å². The van der Waals surface area contributed by atoms with E-state index in [4.69, 9.17) is 34.8 Å². The lowest BCUT2D eigenvalue weighted by Gasteiger charge is -2.18. The van der Waals surface area contributed by atoms with Crippen molar-refractivity contribution in [3.63, 3.8) is 0 Å². The predicted molar refractivity (Wildman–Crippen MR) is 127 cm³/mol. The van der Waals surface area contributed by atoms with Crippen molar-refractivity contribution >= 4 is 52.6 Å². The zero-order chi connectivity index (χ0) is 24.8. The first kappa shape index (κ1) is 27.2. The minimum Gasteiger partial charge on any atom is -0.356 e. The number of halogens is 6. The fraction of sp³-hybridized carbons (Fsp3) is 0.333. The van der Waals surface area contributed by atoms with Gasteiger partial charge < -0.3 is 5.32 Å². The topological polar surface area (TPSA) is 46.2 Å². The summed E-state index contributed by atoms with van der Waals surface area (Å²) in [6.45, 7) is 4.07. The van der Waals surface area contributed by atoms with Crippen LogP contribution in [0.4, 0.5) is 13.2 Å². The van der Waals surface area contributed by atoms with E-state index in [1.807, 2.05) is 6.92 Å². The summed E-state index contributed by atoms with van der Waals surface area (Å²) < 4.78 is 41.1. The molecule has 0 aromatic heterocycles. The van der Waals surface area contributed by atoms with E-state index in [1.165, 1.54) is 6.08 Å². The van der Waals surface area contributed by atoms with Crippen molar-refractivity contribution < 1.29 is 22.8 Å². The SMILES string of the molecule is CCNC(=O)CCCC(=O)c1ccc(/C=C/C(c2cc(Cl)c(Cl)c(Cl)c2)C(F)(F)F)cc1C. The number of aryl methyl sites for hydroxylation is 1. The minimum absolute atomic E-state index is 0.00568. The number of amides is 1. The van der Waals surface area contributed by atoms with E-state index in [2.05, 4.69) is 5.32 Å². The predicted octanol–water partition coefficient (Wildman–Crippen LogP) is 7.80. The van der Waals surface area contributed by atoms with Crippen molar-refractivity contribution in [3.8, 4) is 0 Å². The fourth-order valence-corrected chi connectivity index (χ4v) is 3.92. The van der Waals surface area contributed by atoms with Crippen molar-refractivity contribution in [1.29, 1.82) is 0 Å². The molecule has 0 spiro atoms. The monoisotopic (exact) mass is 519 g/mol. The molecule has 1 unspecified atom stereocenters. The van der Waals surface area contributed by atoms with Crippen molar-refractivity contribution in [1.82, 2.24) is 5.32 Å². The quantitative estimate of drug-likeness (QED) is 0.271. The molecule has 0 saturated heterocycles. The van der Waals surface area contributed by atoms with Gasteiger partial charge in [-0.3, -0.25) is 9.59 Å². The molecule has 0 heterocycles. The van der Waals surface area contributed by atoms with Crippen molar-refractivity contribution in [2.45, 2.75) is 45.2 Å². The molecular weight excluding hydrogens is 498 g/mol. The van der Waals surface area contributed by atoms with E-state index in [0.717, 1.165) is 18.2 Å². The van der Waals surface area contributed by atoms with E-state index in [1.54, 1.807) is 25.1 Å². The second kappa shape index (κ2) is 11.9. The molecule has 2 aromatic rings. The second-order valence-corrected chi connectivity index (χ2v) is 8.67. The van der Waals surface area contributed by atoms with Crippen molar-refractivity contribution in [3.05, 3.63) is 73.7 Å². The Bertz CT molecular complexity index is 1030. The molecular formula is C24H23Cl3F3NO2. The molecule has 2 aromatic carbocycles. The minimum atomic E-state index is -4.58. The molecule has 1 amide bonds. The van der Waals surface area contributed by atoms with Crippen LogP contribution in [-0.4, -0.2) is 24.4 Å². The lowest BCUT2D eigenvalue weighted by atomic mass is 9.95. The van der Waals surface area contributed by atoms with Crippen molar-refractivity contribution in [2.75, 3.05) is 6.54 Å². The molecule has 178 valence electrons. The highest BCUT2D eigenvalue weighted by Gasteiger charge is 2.39. The molecule has 0 bridgehead atoms. The van der Waals surface area contributed by atoms with Crippen LogP contribution in [0.3, 0.4) is 0 Å². The summed E-state index contributed by atoms with van der Waals surface area (Å²) in [4.78, 5) is 24.0. The molecule has 0 fully saturated rings. The van der Waals surface area contributed by atoms with Gasteiger partial charge in [-0.05, 0) is 49.1 Å². The molecule has 1 atom stereocenters. The normalized spacial score (nSPS) is 12.7. The first-order valence-corrected chi connectivity index (χ1v) is 11.4. The second-order valence-electron chi connectivity index (χ2n) is 7.48. The highest BCUT2D eigenvalue weighted by molar-refractivity contribution is 6.48. The van der Waals surface area contributed by atoms with Crippen LogP contribution in [0.2, 0.25) is 15.1 Å². The Kier molecular flexibility index (Phi) is 9.83. The maximum Gasteiger partial charge on any atom is 0.399 e. The Morgan fingerprint density at radius 1 is 1.06 bits per heavy atom. The summed E-state index contributed by atoms with van der Waals surface area (Å²) >= 11 is 17.7. The summed E-state index contributed by atoms with van der Waals surface area (Å²) in [5.41, 5.74) is 1.49. The third-order valence-corrected chi connectivity index (χ3v) is 6.13. The molecule has 3 nitrogen and oxygen atoms in total. The number of carbonyl (C=O) groups excluding carboxylic acids is 2. The number of Topliss-reactive ketones (excluding diaryl/α,β-unsaturated/α-hetero) is 1. The van der Waals surface area contributed by atoms with Crippen LogP contribution in [0.25, 0.3) is 6.08 Å². The number of alkyl halides is 3. The molecule has 0 aliphatic heterocycles. The van der Waals surface area contributed by atoms with Crippen molar-refractivity contribution in [2.24, 2.45) is 0 Å². The summed E-state index contributed by atoms with van der Waals surface area (Å²) in [5.74, 6) is -2.17. The van der Waals surface area contributed by atoms with E-state index >= 15 is 0 Å². The van der Waals surface area contributed by atoms with Gasteiger partial charge in [0.05, 0.1) is 21.0 Å². The third-order valence-electron chi connectivity index (χ3n) is 4.93. The van der Waals surface area contributed by atoms with E-state index in [-0.39, 0.29) is 45.2 Å². The van der Waals surface area contributed by atoms with Crippen LogP contribution in [0, 0.1) is 6.92 Å². The smallest absolute Gasteiger partial charge is 0.356 e. The summed E-state index contributed by atoms with van der Waals surface area (Å²) in [7, 11) is 0. The molecule has 2 rings (SSSR count). The molecule has 0 radical (unpaired) electrons. The number of carbonyl (C=O) groups is 2. The average Bonchev–Trinajstić information content (AvgIpc) is 2.71. The molecule has 1 N–H and O–H groups in total. The third kappa shape index (κ3) is 7.76. The Labute approximate surface area is 205 Å². The van der Waals surface area contributed by atoms with Gasteiger partial charge in [-0.25, -0.2) is 0 Å². The summed E-state index contributed by atoms with van der Waals surface area (Å²) in [6.07, 6.45) is -1.33. The van der Waals surface area contributed by atoms with Gasteiger partial charge in [0.25, 0.3) is 0 Å². The van der Waals surface area contributed by atoms with Gasteiger partial charge in [0.15, 0.2) is 5.78 Å². The fourth-order valence-electron chi connectivity index (χ4n) is 3.30. The molecule has 0 aliphatic carbocycles. The van der Waals surface area contributed by atoms with E-state index < -0.39 is 12.1 Å². The molecule has 33 heavy (non-hydrogen) atoms. The van der Waals surface area contributed by atoms with Crippen LogP contribution < -0.4 is 5.32 Å². The molecule has 0 saturated carbocycles. The van der Waals surface area contributed by atoms with Crippen LogP contribution in [0.5, 0.6) is 0 Å². The Morgan fingerprint density at radius 3 is 2.24 bits per heavy atom. The molecule has 0 aliphatic rings. The van der Waals surface area contributed by atoms with Gasteiger partial charge in [0.2, 0.25) is 5.91 Å². The zero-order valence-electron chi connectivity index (χ0n) is 18.0. The number of rotatable bonds is 9. The number of benzene rings is 2. The van der Waals surface area contributed by atoms with Gasteiger partial charge in [-0.1, -0.05) is 65.2 Å². The van der Waals surface area contributed by atoms with Gasteiger partial charge in [0, 0.05) is 24.9 Å². The average molecular weight is 521 g/mol. The first-order valence-electron chi connectivity index (χ1n) is 10.2. The number of hydrogen-bond acceptors (Lipinski definition) is 2.